The molecule has 1 heterocycles. The van der Waals surface area contributed by atoms with E-state index < -0.39 is 24.5 Å². The van der Waals surface area contributed by atoms with Crippen molar-refractivity contribution in [2.45, 2.75) is 134 Å². The number of aliphatic carboxylic acids is 1. The van der Waals surface area contributed by atoms with Crippen LogP contribution < -0.4 is 0 Å². The molecule has 0 amide bonds. The molecule has 0 saturated carbocycles. The van der Waals surface area contributed by atoms with Crippen molar-refractivity contribution in [2.24, 2.45) is 0 Å². The molecule has 1 aliphatic rings. The fourth-order valence-corrected chi connectivity index (χ4v) is 3.92. The highest BCUT2D eigenvalue weighted by atomic mass is 16.7. The first kappa shape index (κ1) is 28.0. The lowest BCUT2D eigenvalue weighted by molar-refractivity contribution is -0.261. The third-order valence-corrected chi connectivity index (χ3v) is 5.92. The minimum absolute atomic E-state index is 0.160. The van der Waals surface area contributed by atoms with Gasteiger partial charge in [0.05, 0.1) is 12.2 Å². The maximum absolute atomic E-state index is 11.3. The van der Waals surface area contributed by atoms with Gasteiger partial charge in [-0.1, -0.05) is 70.6 Å². The second-order valence-corrected chi connectivity index (χ2v) is 8.91. The van der Waals surface area contributed by atoms with Gasteiger partial charge >= 0.3 is 5.97 Å². The van der Waals surface area contributed by atoms with E-state index in [0.717, 1.165) is 32.1 Å². The smallest absolute Gasteiger partial charge is 0.310 e. The van der Waals surface area contributed by atoms with Crippen LogP contribution in [0.2, 0.25) is 0 Å². The number of carbonyl (C=O) groups is 2. The summed E-state index contributed by atoms with van der Waals surface area (Å²) < 4.78 is 11.1. The largest absolute Gasteiger partial charge is 0.481 e. The SMILES string of the molecule is C[C@@H]1O[C@@H](OCCCCCCCCCCCCCCCC(=O)CC(=O)O)[C@H](O)C[C@H]1O. The molecule has 1 fully saturated rings. The van der Waals surface area contributed by atoms with E-state index in [4.69, 9.17) is 14.6 Å². The number of unbranched alkanes of at least 4 members (excludes halogenated alkanes) is 12. The Balaban J connectivity index is 1.78. The predicted octanol–water partition coefficient (Wildman–Crippen LogP) is 4.36. The van der Waals surface area contributed by atoms with E-state index in [2.05, 4.69) is 0 Å². The molecule has 0 aliphatic carbocycles. The first-order valence-corrected chi connectivity index (χ1v) is 12.3. The molecule has 7 heteroatoms. The van der Waals surface area contributed by atoms with Gasteiger partial charge in [0.15, 0.2) is 6.29 Å². The summed E-state index contributed by atoms with van der Waals surface area (Å²) in [6.07, 6.45) is 13.1. The molecule has 0 spiro atoms. The summed E-state index contributed by atoms with van der Waals surface area (Å²) in [5, 5.41) is 28.1. The van der Waals surface area contributed by atoms with Gasteiger partial charge in [-0.05, 0) is 19.8 Å². The van der Waals surface area contributed by atoms with Crippen LogP contribution in [-0.2, 0) is 19.1 Å². The quantitative estimate of drug-likeness (QED) is 0.200. The number of rotatable bonds is 19. The molecule has 31 heavy (non-hydrogen) atoms. The average Bonchev–Trinajstić information content (AvgIpc) is 2.70. The number of carboxylic acids is 1. The van der Waals surface area contributed by atoms with Crippen LogP contribution in [0.4, 0.5) is 0 Å². The number of hydrogen-bond donors (Lipinski definition) is 3. The number of ketones is 1. The van der Waals surface area contributed by atoms with Crippen LogP contribution in [0.1, 0.15) is 110 Å². The Morgan fingerprint density at radius 1 is 0.806 bits per heavy atom. The van der Waals surface area contributed by atoms with Crippen molar-refractivity contribution < 1.29 is 34.4 Å². The van der Waals surface area contributed by atoms with Crippen molar-refractivity contribution in [3.05, 3.63) is 0 Å². The number of Topliss-reactive ketones (excluding diaryl/α,β-unsaturated/α-hetero) is 1. The molecule has 0 aromatic heterocycles. The molecule has 1 aliphatic heterocycles. The Kier molecular flexibility index (Phi) is 15.8. The van der Waals surface area contributed by atoms with Crippen molar-refractivity contribution in [3.63, 3.8) is 0 Å². The van der Waals surface area contributed by atoms with Crippen LogP contribution in [0.15, 0.2) is 0 Å². The summed E-state index contributed by atoms with van der Waals surface area (Å²) >= 11 is 0. The Bertz CT molecular complexity index is 483. The van der Waals surface area contributed by atoms with E-state index in [9.17, 15) is 19.8 Å². The van der Waals surface area contributed by atoms with Crippen LogP contribution in [0, 0.1) is 0 Å². The zero-order valence-corrected chi connectivity index (χ0v) is 19.3. The van der Waals surface area contributed by atoms with Crippen molar-refractivity contribution in [3.8, 4) is 0 Å². The van der Waals surface area contributed by atoms with Crippen molar-refractivity contribution in [1.29, 1.82) is 0 Å². The lowest BCUT2D eigenvalue weighted by Crippen LogP contribution is -2.47. The Labute approximate surface area is 187 Å². The summed E-state index contributed by atoms with van der Waals surface area (Å²) in [4.78, 5) is 21.7. The third-order valence-electron chi connectivity index (χ3n) is 5.92. The zero-order chi connectivity index (χ0) is 22.9. The highest BCUT2D eigenvalue weighted by Crippen LogP contribution is 2.21. The number of ether oxygens (including phenoxy) is 2. The van der Waals surface area contributed by atoms with Crippen molar-refractivity contribution >= 4 is 11.8 Å². The lowest BCUT2D eigenvalue weighted by Gasteiger charge is -2.35. The predicted molar refractivity (Wildman–Crippen MR) is 119 cm³/mol. The van der Waals surface area contributed by atoms with Crippen LogP contribution in [0.5, 0.6) is 0 Å². The molecule has 4 atom stereocenters. The average molecular weight is 445 g/mol. The summed E-state index contributed by atoms with van der Waals surface area (Å²) in [6.45, 7) is 2.38. The standard InChI is InChI=1S/C24H44O7/c1-19-21(26)18-22(27)24(31-19)30-16-14-12-10-8-6-4-2-3-5-7-9-11-13-15-20(25)17-23(28)29/h19,21-22,24,26-27H,2-18H2,1H3,(H,28,29)/t19-,21+,22+,24+/m0/s1. The van der Waals surface area contributed by atoms with E-state index in [0.29, 0.717) is 19.4 Å². The van der Waals surface area contributed by atoms with Gasteiger partial charge in [-0.3, -0.25) is 9.59 Å². The van der Waals surface area contributed by atoms with Gasteiger partial charge in [0.1, 0.15) is 18.3 Å². The Hall–Kier alpha value is -1.02. The first-order valence-electron chi connectivity index (χ1n) is 12.3. The fraction of sp³-hybridized carbons (Fsp3) is 0.917. The summed E-state index contributed by atoms with van der Waals surface area (Å²) in [7, 11) is 0. The van der Waals surface area contributed by atoms with Gasteiger partial charge in [0, 0.05) is 19.4 Å². The van der Waals surface area contributed by atoms with Crippen LogP contribution in [-0.4, -0.2) is 58.3 Å². The van der Waals surface area contributed by atoms with Gasteiger partial charge in [-0.2, -0.15) is 0 Å². The molecule has 1 saturated heterocycles. The Morgan fingerprint density at radius 2 is 1.29 bits per heavy atom. The van der Waals surface area contributed by atoms with Crippen molar-refractivity contribution in [1.82, 2.24) is 0 Å². The van der Waals surface area contributed by atoms with E-state index >= 15 is 0 Å². The normalized spacial score (nSPS) is 23.7. The fourth-order valence-electron chi connectivity index (χ4n) is 3.92. The second-order valence-electron chi connectivity index (χ2n) is 8.91. The van der Waals surface area contributed by atoms with Crippen LogP contribution in [0.3, 0.4) is 0 Å². The Morgan fingerprint density at radius 3 is 1.81 bits per heavy atom. The number of aliphatic hydroxyl groups excluding tert-OH is 2. The molecule has 0 radical (unpaired) electrons. The summed E-state index contributed by atoms with van der Waals surface area (Å²) in [6, 6.07) is 0. The third kappa shape index (κ3) is 14.6. The molecule has 0 unspecified atom stereocenters. The zero-order valence-electron chi connectivity index (χ0n) is 19.3. The van der Waals surface area contributed by atoms with Gasteiger partial charge in [-0.25, -0.2) is 0 Å². The first-order chi connectivity index (χ1) is 14.9. The molecule has 3 N–H and O–H groups in total. The minimum atomic E-state index is -1.03. The molecule has 0 aromatic carbocycles. The summed E-state index contributed by atoms with van der Waals surface area (Å²) in [5.41, 5.74) is 0. The number of carboxylic acid groups (broad SMARTS) is 1. The molecule has 182 valence electrons. The lowest BCUT2D eigenvalue weighted by atomic mass is 10.0. The van der Waals surface area contributed by atoms with E-state index in [-0.39, 0.29) is 18.3 Å². The van der Waals surface area contributed by atoms with Crippen molar-refractivity contribution in [2.75, 3.05) is 6.61 Å². The molecule has 7 nitrogen and oxygen atoms in total. The van der Waals surface area contributed by atoms with Gasteiger partial charge < -0.3 is 24.8 Å². The van der Waals surface area contributed by atoms with E-state index in [1.165, 1.54) is 51.4 Å². The number of hydrogen-bond acceptors (Lipinski definition) is 6. The van der Waals surface area contributed by atoms with Crippen LogP contribution in [0.25, 0.3) is 0 Å². The minimum Gasteiger partial charge on any atom is -0.481 e. The maximum atomic E-state index is 11.3. The molecular formula is C24H44O7. The van der Waals surface area contributed by atoms with Gasteiger partial charge in [0.2, 0.25) is 0 Å². The van der Waals surface area contributed by atoms with Crippen LogP contribution >= 0.6 is 0 Å². The second kappa shape index (κ2) is 17.5. The van der Waals surface area contributed by atoms with Gasteiger partial charge in [0.25, 0.3) is 0 Å². The highest BCUT2D eigenvalue weighted by molar-refractivity contribution is 5.94. The monoisotopic (exact) mass is 444 g/mol. The van der Waals surface area contributed by atoms with E-state index in [1.807, 2.05) is 0 Å². The van der Waals surface area contributed by atoms with E-state index in [1.54, 1.807) is 6.92 Å². The maximum Gasteiger partial charge on any atom is 0.310 e. The number of carbonyl (C=O) groups excluding carboxylic acids is 1. The topological polar surface area (TPSA) is 113 Å². The summed E-state index contributed by atoms with van der Waals surface area (Å²) in [5.74, 6) is -1.19. The molecule has 0 bridgehead atoms. The molecule has 1 rings (SSSR count). The molecular weight excluding hydrogens is 400 g/mol. The van der Waals surface area contributed by atoms with Gasteiger partial charge in [-0.15, -0.1) is 0 Å². The number of aliphatic hydroxyl groups is 2. The highest BCUT2D eigenvalue weighted by Gasteiger charge is 2.34. The molecule has 0 aromatic rings.